The fourth-order valence-corrected chi connectivity index (χ4v) is 2.62. The molecule has 2 rings (SSSR count). The first kappa shape index (κ1) is 14.6. The second-order valence-electron chi connectivity index (χ2n) is 4.30. The van der Waals surface area contributed by atoms with Crippen LogP contribution in [0.1, 0.15) is 18.3 Å². The number of aromatic nitrogens is 3. The van der Waals surface area contributed by atoms with Gasteiger partial charge in [0.05, 0.1) is 12.4 Å². The lowest BCUT2D eigenvalue weighted by Gasteiger charge is -2.08. The molecule has 0 fully saturated rings. The fourth-order valence-electron chi connectivity index (χ4n) is 1.83. The van der Waals surface area contributed by atoms with E-state index in [2.05, 4.69) is 16.3 Å². The van der Waals surface area contributed by atoms with Gasteiger partial charge in [0.15, 0.2) is 5.16 Å². The number of carbonyl (C=O) groups is 1. The molecule has 0 radical (unpaired) electrons. The van der Waals surface area contributed by atoms with Gasteiger partial charge in [-0.1, -0.05) is 23.9 Å². The first-order chi connectivity index (χ1) is 9.61. The van der Waals surface area contributed by atoms with Crippen LogP contribution >= 0.6 is 11.8 Å². The maximum atomic E-state index is 11.4. The van der Waals surface area contributed by atoms with Crippen LogP contribution in [-0.4, -0.2) is 33.1 Å². The molecule has 20 heavy (non-hydrogen) atoms. The Bertz CT molecular complexity index is 610. The second-order valence-corrected chi connectivity index (χ2v) is 5.24. The van der Waals surface area contributed by atoms with Crippen LogP contribution in [0.3, 0.4) is 0 Å². The van der Waals surface area contributed by atoms with E-state index in [1.165, 1.54) is 11.8 Å². The molecule has 0 aliphatic carbocycles. The lowest BCUT2D eigenvalue weighted by atomic mass is 10.2. The Balaban J connectivity index is 2.22. The van der Waals surface area contributed by atoms with Crippen molar-refractivity contribution in [1.29, 1.82) is 0 Å². The van der Waals surface area contributed by atoms with Gasteiger partial charge in [0.25, 0.3) is 0 Å². The summed E-state index contributed by atoms with van der Waals surface area (Å²) in [7, 11) is 0. The van der Waals surface area contributed by atoms with Crippen LogP contribution in [0, 0.1) is 13.8 Å². The smallest absolute Gasteiger partial charge is 0.316 e. The summed E-state index contributed by atoms with van der Waals surface area (Å²) in [5, 5.41) is 8.90. The topological polar surface area (TPSA) is 57.0 Å². The summed E-state index contributed by atoms with van der Waals surface area (Å²) in [6.07, 6.45) is 0. The van der Waals surface area contributed by atoms with Gasteiger partial charge in [0.1, 0.15) is 5.82 Å². The van der Waals surface area contributed by atoms with Gasteiger partial charge in [-0.05, 0) is 38.5 Å². The molecule has 0 atom stereocenters. The van der Waals surface area contributed by atoms with Crippen LogP contribution in [0.25, 0.3) is 5.69 Å². The SMILES string of the molecule is CCOC(=O)CSc1nnc(C)n1-c1cccc(C)c1. The van der Waals surface area contributed by atoms with E-state index < -0.39 is 0 Å². The molecule has 1 aromatic carbocycles. The number of hydrogen-bond donors (Lipinski definition) is 0. The average molecular weight is 291 g/mol. The Kier molecular flexibility index (Phi) is 4.79. The third-order valence-electron chi connectivity index (χ3n) is 2.68. The van der Waals surface area contributed by atoms with Gasteiger partial charge in [-0.15, -0.1) is 10.2 Å². The summed E-state index contributed by atoms with van der Waals surface area (Å²) < 4.78 is 6.86. The van der Waals surface area contributed by atoms with Crippen molar-refractivity contribution in [3.05, 3.63) is 35.7 Å². The molecule has 0 bridgehead atoms. The van der Waals surface area contributed by atoms with E-state index in [1.807, 2.05) is 36.6 Å². The summed E-state index contributed by atoms with van der Waals surface area (Å²) in [6, 6.07) is 8.08. The molecule has 1 heterocycles. The number of benzene rings is 1. The van der Waals surface area contributed by atoms with Crippen LogP contribution < -0.4 is 0 Å². The number of thioether (sulfide) groups is 1. The highest BCUT2D eigenvalue weighted by Crippen LogP contribution is 2.22. The number of esters is 1. The Labute approximate surface area is 122 Å². The van der Waals surface area contributed by atoms with Crippen molar-refractivity contribution in [2.24, 2.45) is 0 Å². The Morgan fingerprint density at radius 2 is 2.15 bits per heavy atom. The number of nitrogens with zero attached hydrogens (tertiary/aromatic N) is 3. The zero-order valence-corrected chi connectivity index (χ0v) is 12.6. The Hall–Kier alpha value is -1.82. The van der Waals surface area contributed by atoms with Gasteiger partial charge in [-0.25, -0.2) is 0 Å². The second kappa shape index (κ2) is 6.56. The molecule has 0 saturated heterocycles. The van der Waals surface area contributed by atoms with E-state index in [0.29, 0.717) is 11.8 Å². The zero-order valence-electron chi connectivity index (χ0n) is 11.8. The normalized spacial score (nSPS) is 10.6. The van der Waals surface area contributed by atoms with Gasteiger partial charge < -0.3 is 4.74 Å². The van der Waals surface area contributed by atoms with Crippen LogP contribution in [0.4, 0.5) is 0 Å². The van der Waals surface area contributed by atoms with Crippen molar-refractivity contribution in [3.63, 3.8) is 0 Å². The summed E-state index contributed by atoms with van der Waals surface area (Å²) in [5.41, 5.74) is 2.16. The first-order valence-electron chi connectivity index (χ1n) is 6.39. The van der Waals surface area contributed by atoms with Crippen LogP contribution in [0.5, 0.6) is 0 Å². The van der Waals surface area contributed by atoms with Crippen molar-refractivity contribution >= 4 is 17.7 Å². The Morgan fingerprint density at radius 3 is 2.85 bits per heavy atom. The number of carbonyl (C=O) groups excluding carboxylic acids is 1. The van der Waals surface area contributed by atoms with Crippen LogP contribution in [0.2, 0.25) is 0 Å². The maximum absolute atomic E-state index is 11.4. The lowest BCUT2D eigenvalue weighted by molar-refractivity contribution is -0.139. The summed E-state index contributed by atoms with van der Waals surface area (Å²) in [4.78, 5) is 11.4. The standard InChI is InChI=1S/C14H17N3O2S/c1-4-19-13(18)9-20-14-16-15-11(3)17(14)12-7-5-6-10(2)8-12/h5-8H,4,9H2,1-3H3. The summed E-state index contributed by atoms with van der Waals surface area (Å²) in [5.74, 6) is 0.786. The molecule has 2 aromatic rings. The summed E-state index contributed by atoms with van der Waals surface area (Å²) in [6.45, 7) is 6.11. The zero-order chi connectivity index (χ0) is 14.5. The highest BCUT2D eigenvalue weighted by molar-refractivity contribution is 7.99. The molecule has 1 aromatic heterocycles. The number of ether oxygens (including phenoxy) is 1. The van der Waals surface area contributed by atoms with Gasteiger partial charge in [0, 0.05) is 5.69 Å². The summed E-state index contributed by atoms with van der Waals surface area (Å²) >= 11 is 1.33. The number of hydrogen-bond acceptors (Lipinski definition) is 5. The number of rotatable bonds is 5. The maximum Gasteiger partial charge on any atom is 0.316 e. The molecule has 5 nitrogen and oxygen atoms in total. The molecule has 0 N–H and O–H groups in total. The molecule has 0 aliphatic rings. The fraction of sp³-hybridized carbons (Fsp3) is 0.357. The molecule has 0 aliphatic heterocycles. The minimum Gasteiger partial charge on any atom is -0.465 e. The third kappa shape index (κ3) is 3.39. The lowest BCUT2D eigenvalue weighted by Crippen LogP contribution is -2.08. The predicted octanol–water partition coefficient (Wildman–Crippen LogP) is 2.54. The average Bonchev–Trinajstić information content (AvgIpc) is 2.78. The van der Waals surface area contributed by atoms with Crippen molar-refractivity contribution in [2.75, 3.05) is 12.4 Å². The highest BCUT2D eigenvalue weighted by atomic mass is 32.2. The van der Waals surface area contributed by atoms with E-state index in [0.717, 1.165) is 17.1 Å². The molecular weight excluding hydrogens is 274 g/mol. The molecule has 0 amide bonds. The van der Waals surface area contributed by atoms with E-state index >= 15 is 0 Å². The number of aryl methyl sites for hydroxylation is 2. The predicted molar refractivity (Wildman–Crippen MR) is 78.2 cm³/mol. The minimum absolute atomic E-state index is 0.234. The molecule has 0 saturated carbocycles. The molecular formula is C14H17N3O2S. The van der Waals surface area contributed by atoms with Gasteiger partial charge in [-0.3, -0.25) is 9.36 Å². The first-order valence-corrected chi connectivity index (χ1v) is 7.38. The molecule has 106 valence electrons. The molecule has 0 unspecified atom stereocenters. The van der Waals surface area contributed by atoms with E-state index in [9.17, 15) is 4.79 Å². The van der Waals surface area contributed by atoms with Gasteiger partial charge >= 0.3 is 5.97 Å². The van der Waals surface area contributed by atoms with E-state index in [4.69, 9.17) is 4.74 Å². The Morgan fingerprint density at radius 1 is 1.35 bits per heavy atom. The third-order valence-corrected chi connectivity index (χ3v) is 3.58. The molecule has 0 spiro atoms. The van der Waals surface area contributed by atoms with Crippen LogP contribution in [-0.2, 0) is 9.53 Å². The van der Waals surface area contributed by atoms with Crippen molar-refractivity contribution in [3.8, 4) is 5.69 Å². The minimum atomic E-state index is -0.242. The van der Waals surface area contributed by atoms with Crippen molar-refractivity contribution in [1.82, 2.24) is 14.8 Å². The highest BCUT2D eigenvalue weighted by Gasteiger charge is 2.13. The van der Waals surface area contributed by atoms with E-state index in [1.54, 1.807) is 6.92 Å². The van der Waals surface area contributed by atoms with E-state index in [-0.39, 0.29) is 11.7 Å². The van der Waals surface area contributed by atoms with Crippen molar-refractivity contribution in [2.45, 2.75) is 25.9 Å². The van der Waals surface area contributed by atoms with Gasteiger partial charge in [-0.2, -0.15) is 0 Å². The van der Waals surface area contributed by atoms with Gasteiger partial charge in [0.2, 0.25) is 0 Å². The van der Waals surface area contributed by atoms with Crippen molar-refractivity contribution < 1.29 is 9.53 Å². The van der Waals surface area contributed by atoms with Crippen LogP contribution in [0.15, 0.2) is 29.4 Å². The largest absolute Gasteiger partial charge is 0.465 e. The monoisotopic (exact) mass is 291 g/mol. The molecule has 6 heteroatoms. The quantitative estimate of drug-likeness (QED) is 0.626.